The molecule has 0 fully saturated rings. The molecule has 14 nitrogen and oxygen atoms in total. The van der Waals surface area contributed by atoms with Crippen molar-refractivity contribution in [1.82, 2.24) is 0 Å². The van der Waals surface area contributed by atoms with Crippen molar-refractivity contribution < 1.29 is 67.4 Å². The van der Waals surface area contributed by atoms with Gasteiger partial charge >= 0.3 is 0 Å². The Hall–Kier alpha value is -11.1. The zero-order chi connectivity index (χ0) is 77.0. The number of ketones is 6. The summed E-state index contributed by atoms with van der Waals surface area (Å²) in [7, 11) is 0. The van der Waals surface area contributed by atoms with Gasteiger partial charge in [0.2, 0.25) is 40.4 Å². The number of carbonyl (C=O) groups is 6. The molecule has 0 radical (unpaired) electrons. The van der Waals surface area contributed by atoms with Crippen LogP contribution in [-0.2, 0) is 0 Å². The first-order valence-electron chi connectivity index (χ1n) is 33.5. The average molecular weight is 1930 g/mol. The molecule has 6 heterocycles. The molecule has 2 N–H and O–H groups in total. The highest BCUT2D eigenvalue weighted by atomic mass is 127. The number of Topliss-reactive ketones (excluding diaryl/α,β-unsaturated/α-hetero) is 6. The summed E-state index contributed by atoms with van der Waals surface area (Å²) in [5.41, 5.74) is 8.91. The molecule has 18 rings (SSSR count). The number of benzene rings is 12. The Morgan fingerprint density at radius 2 is 0.591 bits per heavy atom. The highest BCUT2D eigenvalue weighted by Crippen LogP contribution is 2.45. The lowest BCUT2D eigenvalue weighted by Gasteiger charge is -2.02. The molecule has 0 aliphatic carbocycles. The predicted octanol–water partition coefficient (Wildman–Crippen LogP) is 23.5. The van der Waals surface area contributed by atoms with Gasteiger partial charge in [-0.25, -0.2) is 0 Å². The number of para-hydroxylation sites is 5. The molecule has 6 aliphatic heterocycles. The molecule has 110 heavy (non-hydrogen) atoms. The normalized spacial score (nSPS) is 15.5. The fourth-order valence-corrected chi connectivity index (χ4v) is 13.5. The average Bonchev–Trinajstić information content (AvgIpc) is 1.63. The standard InChI is InChI=1S/C15H9BrO4.3C15H9BrO2.2C15H9IO2/c16-9-3-1-8(2-4-9)7-12-13(18)10-5-6-11(17)14(19)15(10)20-12;16-12-7-3-1-5-10(12)9-14-15(17)11-6-2-4-8-13(11)18-14;16-11-5-3-4-10(8-11)9-14-15(17)12-6-1-2-7-13(12)18-14;16-11-7-5-10(6-8-11)9-14-15(17)12-3-1-2-4-13(12)18-14;16-11-5-3-4-10(8-11)9-14-15(17)12-6-1-2-7-13(12)18-14;16-11-7-5-10(6-8-11)9-14-15(17)12-3-1-2-4-13(12)18-14/h1-7,17,19H;5*1-9H/b12-7-;5*14-9-. The number of hydrogen-bond acceptors (Lipinski definition) is 14. The molecule has 12 aromatic rings. The zero-order valence-electron chi connectivity index (χ0n) is 57.1. The predicted molar refractivity (Wildman–Crippen MR) is 454 cm³/mol. The van der Waals surface area contributed by atoms with E-state index in [0.29, 0.717) is 85.4 Å². The number of halogens is 6. The van der Waals surface area contributed by atoms with Gasteiger partial charge in [0.05, 0.1) is 33.4 Å². The Morgan fingerprint density at radius 1 is 0.264 bits per heavy atom. The lowest BCUT2D eigenvalue weighted by atomic mass is 10.1. The molecule has 12 aromatic carbocycles. The zero-order valence-corrected chi connectivity index (χ0v) is 67.7. The summed E-state index contributed by atoms with van der Waals surface area (Å²) in [5, 5.41) is 19.1. The second kappa shape index (κ2) is 35.5. The van der Waals surface area contributed by atoms with Gasteiger partial charge in [-0.05, 0) is 255 Å². The molecule has 0 saturated heterocycles. The monoisotopic (exact) mass is 1930 g/mol. The van der Waals surface area contributed by atoms with E-state index < -0.39 is 5.75 Å². The molecule has 540 valence electrons. The van der Waals surface area contributed by atoms with E-state index in [1.165, 1.54) is 12.1 Å². The first-order chi connectivity index (χ1) is 53.3. The first-order valence-corrected chi connectivity index (χ1v) is 38.8. The summed E-state index contributed by atoms with van der Waals surface area (Å²) in [6.07, 6.45) is 10.4. The maximum Gasteiger partial charge on any atom is 0.232 e. The van der Waals surface area contributed by atoms with Crippen LogP contribution in [0.25, 0.3) is 36.5 Å². The van der Waals surface area contributed by atoms with E-state index in [9.17, 15) is 39.0 Å². The Bertz CT molecular complexity index is 5610. The van der Waals surface area contributed by atoms with E-state index in [0.717, 1.165) is 58.4 Å². The number of allylic oxidation sites excluding steroid dienone is 6. The third-order valence-corrected chi connectivity index (χ3v) is 20.3. The van der Waals surface area contributed by atoms with Crippen LogP contribution in [0.5, 0.6) is 46.0 Å². The lowest BCUT2D eigenvalue weighted by Crippen LogP contribution is -1.98. The maximum atomic E-state index is 12.1. The van der Waals surface area contributed by atoms with E-state index in [1.807, 2.05) is 218 Å². The van der Waals surface area contributed by atoms with Crippen LogP contribution in [-0.4, -0.2) is 44.9 Å². The number of fused-ring (bicyclic) bond motifs is 6. The van der Waals surface area contributed by atoms with Crippen molar-refractivity contribution in [2.75, 3.05) is 0 Å². The molecule has 6 aliphatic rings. The largest absolute Gasteiger partial charge is 0.504 e. The molecule has 0 amide bonds. The molecule has 0 unspecified atom stereocenters. The molecule has 20 heteroatoms. The van der Waals surface area contributed by atoms with E-state index in [4.69, 9.17) is 28.4 Å². The highest BCUT2D eigenvalue weighted by Gasteiger charge is 2.33. The molecule has 0 spiro atoms. The second-order valence-corrected chi connectivity index (χ2v) is 30.3. The van der Waals surface area contributed by atoms with Gasteiger partial charge in [-0.15, -0.1) is 0 Å². The fraction of sp³-hybridized carbons (Fsp3) is 0. The summed E-state index contributed by atoms with van der Waals surface area (Å²) in [6.45, 7) is 0. The SMILES string of the molecule is O=C1/C(=C/c2ccc(Br)cc2)Oc2c1ccc(O)c2O.O=C1/C(=C/c2ccc(Br)cc2)Oc2ccccc21.O=C1/C(=C/c2ccc(I)cc2)Oc2ccccc21.O=C1/C(=C/c2cccc(Br)c2)Oc2ccccc21.O=C1/C(=C/c2cccc(I)c2)Oc2ccccc21.O=C1/C(=C/c2ccccc2Br)Oc2ccccc21. The fourth-order valence-electron chi connectivity index (χ4n) is 11.3. The topological polar surface area (TPSA) is 198 Å². The first kappa shape index (κ1) is 77.1. The Morgan fingerprint density at radius 3 is 0.973 bits per heavy atom. The number of phenolic OH excluding ortho intramolecular Hbond substituents is 2. The Kier molecular flexibility index (Phi) is 24.9. The summed E-state index contributed by atoms with van der Waals surface area (Å²) in [4.78, 5) is 72.6. The number of aromatic hydroxyl groups is 2. The van der Waals surface area contributed by atoms with Crippen molar-refractivity contribution in [2.24, 2.45) is 0 Å². The van der Waals surface area contributed by atoms with Gasteiger partial charge < -0.3 is 38.6 Å². The van der Waals surface area contributed by atoms with E-state index in [1.54, 1.807) is 85.0 Å². The van der Waals surface area contributed by atoms with Crippen LogP contribution < -0.4 is 28.4 Å². The summed E-state index contributed by atoms with van der Waals surface area (Å²) in [6, 6.07) is 85.4. The molecular formula is C90H54Br4I2O14. The van der Waals surface area contributed by atoms with Crippen molar-refractivity contribution in [3.8, 4) is 46.0 Å². The number of carbonyl (C=O) groups excluding carboxylic acids is 6. The van der Waals surface area contributed by atoms with E-state index in [2.05, 4.69) is 109 Å². The highest BCUT2D eigenvalue weighted by molar-refractivity contribution is 14.1. The minimum absolute atomic E-state index is 0.00152. The van der Waals surface area contributed by atoms with Gasteiger partial charge in [0.25, 0.3) is 0 Å². The van der Waals surface area contributed by atoms with Crippen LogP contribution in [0, 0.1) is 7.14 Å². The van der Waals surface area contributed by atoms with Gasteiger partial charge in [0, 0.05) is 25.0 Å². The third-order valence-electron chi connectivity index (χ3n) is 16.7. The van der Waals surface area contributed by atoms with Gasteiger partial charge in [-0.2, -0.15) is 0 Å². The van der Waals surface area contributed by atoms with Crippen molar-refractivity contribution in [2.45, 2.75) is 0 Å². The van der Waals surface area contributed by atoms with E-state index in [-0.39, 0.29) is 57.5 Å². The van der Waals surface area contributed by atoms with Crippen LogP contribution in [0.4, 0.5) is 0 Å². The van der Waals surface area contributed by atoms with Crippen LogP contribution in [0.15, 0.2) is 331 Å². The van der Waals surface area contributed by atoms with Gasteiger partial charge in [0.15, 0.2) is 46.1 Å². The van der Waals surface area contributed by atoms with E-state index >= 15 is 0 Å². The quantitative estimate of drug-likeness (QED) is 0.0905. The van der Waals surface area contributed by atoms with Crippen molar-refractivity contribution in [3.05, 3.63) is 405 Å². The molecule has 0 saturated carbocycles. The number of rotatable bonds is 6. The van der Waals surface area contributed by atoms with Crippen LogP contribution in [0.1, 0.15) is 95.5 Å². The molecule has 0 bridgehead atoms. The number of hydrogen-bond donors (Lipinski definition) is 2. The number of ether oxygens (including phenoxy) is 6. The van der Waals surface area contributed by atoms with Crippen LogP contribution in [0.2, 0.25) is 0 Å². The van der Waals surface area contributed by atoms with Crippen molar-refractivity contribution >= 4 is 180 Å². The van der Waals surface area contributed by atoms with Crippen molar-refractivity contribution in [3.63, 3.8) is 0 Å². The second-order valence-electron chi connectivity index (χ2n) is 24.2. The van der Waals surface area contributed by atoms with Crippen molar-refractivity contribution in [1.29, 1.82) is 0 Å². The van der Waals surface area contributed by atoms with Gasteiger partial charge in [-0.3, -0.25) is 28.8 Å². The molecular weight excluding hydrogens is 1880 g/mol. The van der Waals surface area contributed by atoms with Gasteiger partial charge in [0.1, 0.15) is 28.7 Å². The Balaban J connectivity index is 0.000000116. The Labute approximate surface area is 692 Å². The number of phenols is 2. The minimum atomic E-state index is -0.421. The molecule has 0 aromatic heterocycles. The summed E-state index contributed by atoms with van der Waals surface area (Å²) >= 11 is 18.0. The summed E-state index contributed by atoms with van der Waals surface area (Å²) in [5.74, 6) is 3.80. The smallest absolute Gasteiger partial charge is 0.232 e. The summed E-state index contributed by atoms with van der Waals surface area (Å²) < 4.78 is 39.3. The van der Waals surface area contributed by atoms with Gasteiger partial charge in [-0.1, -0.05) is 203 Å². The minimum Gasteiger partial charge on any atom is -0.504 e. The maximum absolute atomic E-state index is 12.1. The lowest BCUT2D eigenvalue weighted by molar-refractivity contribution is 0.101. The molecule has 0 atom stereocenters. The van der Waals surface area contributed by atoms with Crippen LogP contribution in [0.3, 0.4) is 0 Å². The third kappa shape index (κ3) is 18.8. The van der Waals surface area contributed by atoms with Crippen LogP contribution >= 0.6 is 109 Å².